The van der Waals surface area contributed by atoms with Crippen molar-refractivity contribution in [1.29, 1.82) is 0 Å². The lowest BCUT2D eigenvalue weighted by Crippen LogP contribution is -2.38. The summed E-state index contributed by atoms with van der Waals surface area (Å²) in [5.41, 5.74) is 1.33. The summed E-state index contributed by atoms with van der Waals surface area (Å²) in [5, 5.41) is 7.70. The molecule has 32 heavy (non-hydrogen) atoms. The highest BCUT2D eigenvalue weighted by Gasteiger charge is 2.32. The van der Waals surface area contributed by atoms with Crippen molar-refractivity contribution in [2.75, 3.05) is 0 Å². The van der Waals surface area contributed by atoms with Crippen LogP contribution in [0.3, 0.4) is 0 Å². The van der Waals surface area contributed by atoms with E-state index in [0.717, 1.165) is 56.1 Å². The molecular formula is C24H31ClF3N3O. The van der Waals surface area contributed by atoms with Crippen molar-refractivity contribution in [2.45, 2.75) is 84.0 Å². The minimum atomic E-state index is -4.52. The second-order valence-corrected chi connectivity index (χ2v) is 9.78. The van der Waals surface area contributed by atoms with Gasteiger partial charge in [-0.15, -0.1) is 0 Å². The molecule has 0 saturated heterocycles. The van der Waals surface area contributed by atoms with Crippen LogP contribution in [0.4, 0.5) is 13.2 Å². The van der Waals surface area contributed by atoms with E-state index in [1.807, 2.05) is 0 Å². The molecule has 0 aliphatic heterocycles. The van der Waals surface area contributed by atoms with E-state index in [4.69, 9.17) is 16.7 Å². The first-order valence-corrected chi connectivity index (χ1v) is 11.6. The highest BCUT2D eigenvalue weighted by atomic mass is 35.5. The van der Waals surface area contributed by atoms with E-state index in [-0.39, 0.29) is 16.6 Å². The third kappa shape index (κ3) is 5.85. The van der Waals surface area contributed by atoms with Crippen molar-refractivity contribution in [3.8, 4) is 0 Å². The highest BCUT2D eigenvalue weighted by molar-refractivity contribution is 6.33. The first-order valence-electron chi connectivity index (χ1n) is 11.2. The van der Waals surface area contributed by atoms with E-state index in [2.05, 4.69) is 43.8 Å². The molecule has 2 aromatic rings. The van der Waals surface area contributed by atoms with E-state index in [1.54, 1.807) is 0 Å². The molecule has 0 unspecified atom stereocenters. The van der Waals surface area contributed by atoms with Gasteiger partial charge in [-0.25, -0.2) is 0 Å². The molecule has 3 rings (SSSR count). The van der Waals surface area contributed by atoms with Gasteiger partial charge in [-0.05, 0) is 67.7 Å². The summed E-state index contributed by atoms with van der Waals surface area (Å²) in [6.07, 6.45) is -1.11. The number of nitrogens with zero attached hydrogens (tertiary/aromatic N) is 2. The number of hydrogen-bond donors (Lipinski definition) is 1. The molecule has 0 radical (unpaired) electrons. The van der Waals surface area contributed by atoms with Gasteiger partial charge in [0.1, 0.15) is 0 Å². The van der Waals surface area contributed by atoms with E-state index in [1.165, 1.54) is 5.69 Å². The first-order chi connectivity index (χ1) is 15.0. The third-order valence-corrected chi connectivity index (χ3v) is 6.49. The summed E-state index contributed by atoms with van der Waals surface area (Å²) < 4.78 is 41.1. The van der Waals surface area contributed by atoms with Gasteiger partial charge in [-0.2, -0.15) is 18.3 Å². The predicted molar refractivity (Wildman–Crippen MR) is 120 cm³/mol. The summed E-state index contributed by atoms with van der Waals surface area (Å²) in [6, 6.07) is 4.95. The van der Waals surface area contributed by atoms with Gasteiger partial charge in [-0.3, -0.25) is 9.48 Å². The van der Waals surface area contributed by atoms with Crippen LogP contribution < -0.4 is 5.32 Å². The van der Waals surface area contributed by atoms with Crippen molar-refractivity contribution in [1.82, 2.24) is 15.1 Å². The second-order valence-electron chi connectivity index (χ2n) is 9.37. The second kappa shape index (κ2) is 9.86. The smallest absolute Gasteiger partial charge is 0.349 e. The van der Waals surface area contributed by atoms with Crippen LogP contribution in [0.15, 0.2) is 24.3 Å². The maximum atomic E-state index is 13.0. The van der Waals surface area contributed by atoms with Crippen molar-refractivity contribution in [3.63, 3.8) is 0 Å². The fraction of sp³-hybridized carbons (Fsp3) is 0.583. The van der Waals surface area contributed by atoms with Gasteiger partial charge in [0.15, 0.2) is 0 Å². The number of hydrogen-bond acceptors (Lipinski definition) is 2. The topological polar surface area (TPSA) is 46.9 Å². The van der Waals surface area contributed by atoms with Crippen LogP contribution in [0.1, 0.15) is 92.5 Å². The molecule has 0 bridgehead atoms. The predicted octanol–water partition coefficient (Wildman–Crippen LogP) is 6.79. The number of nitrogens with one attached hydrogen (secondary N) is 1. The molecule has 1 fully saturated rings. The summed E-state index contributed by atoms with van der Waals surface area (Å²) in [7, 11) is 0. The standard InChI is InChI=1S/C24H31ClF3N3O/c1-14(2)21-12-22(15(3)4)31(30-21)13-16-5-8-18(9-6-16)29-23(32)19-11-17(24(26,27)28)7-10-20(19)25/h7,10-12,14-16,18H,5-6,8-9,13H2,1-4H3,(H,29,32)/t16-,18-. The Morgan fingerprint density at radius 1 is 1.12 bits per heavy atom. The van der Waals surface area contributed by atoms with Crippen molar-refractivity contribution in [2.24, 2.45) is 5.92 Å². The third-order valence-electron chi connectivity index (χ3n) is 6.16. The van der Waals surface area contributed by atoms with Crippen LogP contribution in [-0.4, -0.2) is 21.7 Å². The minimum Gasteiger partial charge on any atom is -0.349 e. The molecule has 1 amide bonds. The van der Waals surface area contributed by atoms with Crippen molar-refractivity contribution < 1.29 is 18.0 Å². The number of rotatable bonds is 6. The van der Waals surface area contributed by atoms with Gasteiger partial charge in [0, 0.05) is 18.3 Å². The average Bonchev–Trinajstić information content (AvgIpc) is 3.13. The average molecular weight is 470 g/mol. The molecule has 0 atom stereocenters. The normalized spacial score (nSPS) is 19.6. The zero-order valence-corrected chi connectivity index (χ0v) is 19.7. The molecule has 0 spiro atoms. The zero-order valence-electron chi connectivity index (χ0n) is 19.0. The largest absolute Gasteiger partial charge is 0.416 e. The molecule has 1 aliphatic carbocycles. The van der Waals surface area contributed by atoms with Crippen LogP contribution in [0.2, 0.25) is 5.02 Å². The van der Waals surface area contributed by atoms with Crippen molar-refractivity contribution >= 4 is 17.5 Å². The molecule has 1 aromatic carbocycles. The Morgan fingerprint density at radius 3 is 2.34 bits per heavy atom. The van der Waals surface area contributed by atoms with Crippen LogP contribution >= 0.6 is 11.6 Å². The zero-order chi connectivity index (χ0) is 23.6. The minimum absolute atomic E-state index is 0.0186. The van der Waals surface area contributed by atoms with E-state index < -0.39 is 17.6 Å². The summed E-state index contributed by atoms with van der Waals surface area (Å²) >= 11 is 6.00. The van der Waals surface area contributed by atoms with Gasteiger partial charge < -0.3 is 5.32 Å². The lowest BCUT2D eigenvalue weighted by atomic mass is 9.85. The summed E-state index contributed by atoms with van der Waals surface area (Å²) in [5.74, 6) is 0.670. The van der Waals surface area contributed by atoms with E-state index in [9.17, 15) is 18.0 Å². The number of amides is 1. The van der Waals surface area contributed by atoms with Crippen LogP contribution in [0.5, 0.6) is 0 Å². The van der Waals surface area contributed by atoms with Crippen LogP contribution in [0.25, 0.3) is 0 Å². The molecule has 1 heterocycles. The Balaban J connectivity index is 1.60. The van der Waals surface area contributed by atoms with Crippen molar-refractivity contribution in [3.05, 3.63) is 51.8 Å². The first kappa shape index (κ1) is 24.6. The number of halogens is 4. The van der Waals surface area contributed by atoms with E-state index >= 15 is 0 Å². The van der Waals surface area contributed by atoms with Gasteiger partial charge in [0.2, 0.25) is 0 Å². The molecule has 8 heteroatoms. The number of aromatic nitrogens is 2. The Labute approximate surface area is 192 Å². The number of carbonyl (C=O) groups excluding carboxylic acids is 1. The monoisotopic (exact) mass is 469 g/mol. The highest BCUT2D eigenvalue weighted by Crippen LogP contribution is 2.32. The van der Waals surface area contributed by atoms with Gasteiger partial charge in [-0.1, -0.05) is 39.3 Å². The quantitative estimate of drug-likeness (QED) is 0.506. The molecule has 1 aliphatic rings. The van der Waals surface area contributed by atoms with Gasteiger partial charge >= 0.3 is 6.18 Å². The van der Waals surface area contributed by atoms with Gasteiger partial charge in [0.25, 0.3) is 5.91 Å². The Bertz CT molecular complexity index is 944. The Morgan fingerprint density at radius 2 is 1.78 bits per heavy atom. The van der Waals surface area contributed by atoms with Crippen LogP contribution in [-0.2, 0) is 12.7 Å². The number of alkyl halides is 3. The fourth-order valence-corrected chi connectivity index (χ4v) is 4.42. The summed E-state index contributed by atoms with van der Waals surface area (Å²) in [4.78, 5) is 12.6. The molecule has 176 valence electrons. The molecule has 1 aromatic heterocycles. The summed E-state index contributed by atoms with van der Waals surface area (Å²) in [6.45, 7) is 9.47. The Hall–Kier alpha value is -2.02. The maximum Gasteiger partial charge on any atom is 0.416 e. The molecule has 4 nitrogen and oxygen atoms in total. The number of carbonyl (C=O) groups is 1. The lowest BCUT2D eigenvalue weighted by Gasteiger charge is -2.29. The molecule has 1 saturated carbocycles. The maximum absolute atomic E-state index is 13.0. The van der Waals surface area contributed by atoms with Crippen LogP contribution in [0, 0.1) is 5.92 Å². The fourth-order valence-electron chi connectivity index (χ4n) is 4.22. The number of benzene rings is 1. The molecule has 1 N–H and O–H groups in total. The van der Waals surface area contributed by atoms with E-state index in [0.29, 0.717) is 17.8 Å². The Kier molecular flexibility index (Phi) is 7.58. The SMILES string of the molecule is CC(C)c1cc(C(C)C)n(C[C@H]2CC[C@H](NC(=O)c3cc(C(F)(F)F)ccc3Cl)CC2)n1. The lowest BCUT2D eigenvalue weighted by molar-refractivity contribution is -0.137. The molecular weight excluding hydrogens is 439 g/mol. The van der Waals surface area contributed by atoms with Gasteiger partial charge in [0.05, 0.1) is 21.8 Å².